The minimum absolute atomic E-state index is 0.114. The van der Waals surface area contributed by atoms with Gasteiger partial charge < -0.3 is 4.57 Å². The maximum Gasteiger partial charge on any atom is 0.162 e. The molecule has 0 fully saturated rings. The van der Waals surface area contributed by atoms with Crippen LogP contribution < -0.4 is 0 Å². The van der Waals surface area contributed by atoms with Crippen LogP contribution in [0.2, 0.25) is 0 Å². The molecule has 0 saturated carbocycles. The molecule has 0 spiro atoms. The number of aryl methyl sites for hydroxylation is 1. The topological polar surface area (TPSA) is 34.9 Å². The lowest BCUT2D eigenvalue weighted by Gasteiger charge is -1.99. The average molecular weight is 224 g/mol. The smallest absolute Gasteiger partial charge is 0.162 e. The zero-order valence-corrected chi connectivity index (χ0v) is 8.70. The van der Waals surface area contributed by atoms with Crippen LogP contribution in [0.5, 0.6) is 0 Å². The standard InChI is InChI=1S/C11H10F2N2O/c1-7(16)10-6-15(3-2-12)11-9(10)4-8(13)5-14-11/h4-6H,2-3H2,1H3. The number of ketones is 1. The Balaban J connectivity index is 2.71. The third-order valence-electron chi connectivity index (χ3n) is 2.39. The van der Waals surface area contributed by atoms with Crippen molar-refractivity contribution in [1.29, 1.82) is 0 Å². The predicted molar refractivity (Wildman–Crippen MR) is 55.7 cm³/mol. The lowest BCUT2D eigenvalue weighted by atomic mass is 10.1. The number of alkyl halides is 1. The predicted octanol–water partition coefficient (Wildman–Crippen LogP) is 2.35. The van der Waals surface area contributed by atoms with E-state index in [1.165, 1.54) is 23.8 Å². The van der Waals surface area contributed by atoms with Crippen molar-refractivity contribution in [2.24, 2.45) is 0 Å². The molecule has 0 unspecified atom stereocenters. The Labute approximate surface area is 90.7 Å². The van der Waals surface area contributed by atoms with Gasteiger partial charge in [0.1, 0.15) is 18.1 Å². The van der Waals surface area contributed by atoms with Gasteiger partial charge in [0.2, 0.25) is 0 Å². The van der Waals surface area contributed by atoms with Crippen LogP contribution in [0.25, 0.3) is 11.0 Å². The van der Waals surface area contributed by atoms with Crippen LogP contribution in [0.3, 0.4) is 0 Å². The first-order valence-electron chi connectivity index (χ1n) is 4.84. The fourth-order valence-corrected chi connectivity index (χ4v) is 1.69. The van der Waals surface area contributed by atoms with E-state index >= 15 is 0 Å². The van der Waals surface area contributed by atoms with Crippen molar-refractivity contribution in [2.75, 3.05) is 6.67 Å². The Hall–Kier alpha value is -1.78. The number of hydrogen-bond acceptors (Lipinski definition) is 2. The largest absolute Gasteiger partial charge is 0.329 e. The Kier molecular flexibility index (Phi) is 2.68. The number of carbonyl (C=O) groups excluding carboxylic acids is 1. The molecule has 2 rings (SSSR count). The van der Waals surface area contributed by atoms with Crippen molar-refractivity contribution >= 4 is 16.8 Å². The van der Waals surface area contributed by atoms with Crippen molar-refractivity contribution < 1.29 is 13.6 Å². The number of aromatic nitrogens is 2. The average Bonchev–Trinajstić information content (AvgIpc) is 2.57. The molecule has 0 aliphatic rings. The Morgan fingerprint density at radius 2 is 2.31 bits per heavy atom. The minimum atomic E-state index is -0.555. The van der Waals surface area contributed by atoms with E-state index in [1.54, 1.807) is 0 Å². The highest BCUT2D eigenvalue weighted by Gasteiger charge is 2.13. The molecule has 84 valence electrons. The number of hydrogen-bond donors (Lipinski definition) is 0. The van der Waals surface area contributed by atoms with E-state index in [1.807, 2.05) is 0 Å². The first-order chi connectivity index (χ1) is 7.63. The van der Waals surface area contributed by atoms with Crippen LogP contribution in [0.1, 0.15) is 17.3 Å². The van der Waals surface area contributed by atoms with Crippen LogP contribution in [-0.2, 0) is 6.54 Å². The van der Waals surface area contributed by atoms with Gasteiger partial charge in [0.15, 0.2) is 5.78 Å². The zero-order valence-electron chi connectivity index (χ0n) is 8.70. The third kappa shape index (κ3) is 1.68. The van der Waals surface area contributed by atoms with Gasteiger partial charge in [-0.3, -0.25) is 4.79 Å². The second-order valence-electron chi connectivity index (χ2n) is 3.51. The summed E-state index contributed by atoms with van der Waals surface area (Å²) in [5, 5.41) is 0.431. The van der Waals surface area contributed by atoms with E-state index in [0.717, 1.165) is 6.20 Å². The van der Waals surface area contributed by atoms with Gasteiger partial charge in [0, 0.05) is 17.1 Å². The molecule has 0 aliphatic carbocycles. The molecule has 2 aromatic rings. The molecule has 3 nitrogen and oxygen atoms in total. The molecule has 2 aromatic heterocycles. The van der Waals surface area contributed by atoms with E-state index < -0.39 is 12.5 Å². The molecular weight excluding hydrogens is 214 g/mol. The van der Waals surface area contributed by atoms with Crippen LogP contribution in [0.15, 0.2) is 18.5 Å². The fraction of sp³-hybridized carbons (Fsp3) is 0.273. The van der Waals surface area contributed by atoms with Crippen LogP contribution in [0, 0.1) is 5.82 Å². The number of fused-ring (bicyclic) bond motifs is 1. The van der Waals surface area contributed by atoms with E-state index in [-0.39, 0.29) is 12.3 Å². The monoisotopic (exact) mass is 224 g/mol. The van der Waals surface area contributed by atoms with Gasteiger partial charge in [0.05, 0.1) is 12.7 Å². The second-order valence-corrected chi connectivity index (χ2v) is 3.51. The zero-order chi connectivity index (χ0) is 11.7. The van der Waals surface area contributed by atoms with Gasteiger partial charge in [-0.15, -0.1) is 0 Å². The summed E-state index contributed by atoms with van der Waals surface area (Å²) in [7, 11) is 0. The van der Waals surface area contributed by atoms with E-state index in [2.05, 4.69) is 4.98 Å². The molecule has 16 heavy (non-hydrogen) atoms. The number of rotatable bonds is 3. The number of nitrogens with zero attached hydrogens (tertiary/aromatic N) is 2. The first-order valence-corrected chi connectivity index (χ1v) is 4.84. The van der Waals surface area contributed by atoms with E-state index in [0.29, 0.717) is 16.6 Å². The lowest BCUT2D eigenvalue weighted by Crippen LogP contribution is -1.98. The molecule has 0 bridgehead atoms. The summed E-state index contributed by atoms with van der Waals surface area (Å²) in [6.07, 6.45) is 2.57. The van der Waals surface area contributed by atoms with Crippen LogP contribution in [-0.4, -0.2) is 22.0 Å². The summed E-state index contributed by atoms with van der Waals surface area (Å²) >= 11 is 0. The van der Waals surface area contributed by atoms with Gasteiger partial charge in [0.25, 0.3) is 0 Å². The molecular formula is C11H10F2N2O. The summed E-state index contributed by atoms with van der Waals surface area (Å²) in [6.45, 7) is 0.946. The number of halogens is 2. The van der Waals surface area contributed by atoms with Gasteiger partial charge in [-0.2, -0.15) is 0 Å². The van der Waals surface area contributed by atoms with Crippen LogP contribution >= 0.6 is 0 Å². The van der Waals surface area contributed by atoms with Crippen LogP contribution in [0.4, 0.5) is 8.78 Å². The summed E-state index contributed by atoms with van der Waals surface area (Å²) in [5.74, 6) is -0.692. The Bertz CT molecular complexity index is 548. The fourth-order valence-electron chi connectivity index (χ4n) is 1.69. The highest BCUT2D eigenvalue weighted by atomic mass is 19.1. The lowest BCUT2D eigenvalue weighted by molar-refractivity contribution is 0.101. The molecule has 0 radical (unpaired) electrons. The van der Waals surface area contributed by atoms with Gasteiger partial charge >= 0.3 is 0 Å². The molecule has 0 amide bonds. The van der Waals surface area contributed by atoms with E-state index in [9.17, 15) is 13.6 Å². The normalized spacial score (nSPS) is 10.9. The molecule has 0 saturated heterocycles. The summed E-state index contributed by atoms with van der Waals surface area (Å²) < 4.78 is 26.8. The maximum atomic E-state index is 13.0. The number of pyridine rings is 1. The van der Waals surface area contributed by atoms with Gasteiger partial charge in [-0.25, -0.2) is 13.8 Å². The van der Waals surface area contributed by atoms with Crippen molar-refractivity contribution in [3.05, 3.63) is 29.8 Å². The highest BCUT2D eigenvalue weighted by Crippen LogP contribution is 2.20. The third-order valence-corrected chi connectivity index (χ3v) is 2.39. The molecule has 0 aromatic carbocycles. The highest BCUT2D eigenvalue weighted by molar-refractivity contribution is 6.06. The SMILES string of the molecule is CC(=O)c1cn(CCF)c2ncc(F)cc12. The van der Waals surface area contributed by atoms with Crippen molar-refractivity contribution in [3.63, 3.8) is 0 Å². The maximum absolute atomic E-state index is 13.0. The number of carbonyl (C=O) groups is 1. The Morgan fingerprint density at radius 1 is 1.56 bits per heavy atom. The first kappa shape index (κ1) is 10.7. The molecule has 0 aliphatic heterocycles. The molecule has 2 heterocycles. The van der Waals surface area contributed by atoms with Gasteiger partial charge in [-0.1, -0.05) is 0 Å². The Morgan fingerprint density at radius 3 is 2.94 bits per heavy atom. The van der Waals surface area contributed by atoms with Crippen molar-refractivity contribution in [3.8, 4) is 0 Å². The summed E-state index contributed by atoms with van der Waals surface area (Å²) in [6, 6.07) is 1.24. The molecule has 0 atom stereocenters. The summed E-state index contributed by atoms with van der Waals surface area (Å²) in [5.41, 5.74) is 0.805. The number of Topliss-reactive ketones (excluding diaryl/α,β-unsaturated/α-hetero) is 1. The molecule has 5 heteroatoms. The quantitative estimate of drug-likeness (QED) is 0.750. The minimum Gasteiger partial charge on any atom is -0.329 e. The van der Waals surface area contributed by atoms with E-state index in [4.69, 9.17) is 0 Å². The van der Waals surface area contributed by atoms with Crippen molar-refractivity contribution in [2.45, 2.75) is 13.5 Å². The van der Waals surface area contributed by atoms with Gasteiger partial charge in [-0.05, 0) is 13.0 Å². The molecule has 0 N–H and O–H groups in total. The summed E-state index contributed by atoms with van der Waals surface area (Å²) in [4.78, 5) is 15.2. The van der Waals surface area contributed by atoms with Crippen molar-refractivity contribution in [1.82, 2.24) is 9.55 Å². The second kappa shape index (κ2) is 4.00.